The highest BCUT2D eigenvalue weighted by Crippen LogP contribution is 2.46. The third kappa shape index (κ3) is 5.29. The second-order valence-electron chi connectivity index (χ2n) is 14.6. The highest BCUT2D eigenvalue weighted by Gasteiger charge is 2.21. The van der Waals surface area contributed by atoms with Gasteiger partial charge in [0.05, 0.1) is 27.7 Å². The molecule has 12 aromatic rings. The normalized spacial score (nSPS) is 13.6. The number of hydrogen-bond donors (Lipinski definition) is 0. The van der Waals surface area contributed by atoms with Gasteiger partial charge in [-0.25, -0.2) is 0 Å². The average Bonchev–Trinajstić information content (AvgIpc) is 3.91. The van der Waals surface area contributed by atoms with Gasteiger partial charge in [0, 0.05) is 49.6 Å². The van der Waals surface area contributed by atoms with Crippen LogP contribution in [0.15, 0.2) is 223 Å². The fraction of sp³-hybridized carbons (Fsp3) is 0. The number of para-hydroxylation sites is 4. The maximum Gasteiger partial charge on any atom is 0.143 e. The Morgan fingerprint density at radius 2 is 0.966 bits per heavy atom. The molecule has 0 fully saturated rings. The zero-order valence-electron chi connectivity index (χ0n) is 39.5. The third-order valence-electron chi connectivity index (χ3n) is 11.3. The van der Waals surface area contributed by atoms with Gasteiger partial charge in [0.15, 0.2) is 0 Å². The van der Waals surface area contributed by atoms with E-state index in [-0.39, 0.29) is 46.8 Å². The van der Waals surface area contributed by atoms with E-state index < -0.39 is 24.2 Å². The lowest BCUT2D eigenvalue weighted by atomic mass is 9.94. The molecule has 0 aliphatic heterocycles. The smallest absolute Gasteiger partial charge is 0.143 e. The predicted molar refractivity (Wildman–Crippen MR) is 249 cm³/mol. The molecule has 0 aliphatic rings. The van der Waals surface area contributed by atoms with E-state index in [1.807, 2.05) is 152 Å². The number of hydrogen-bond acceptors (Lipinski definition) is 2. The Morgan fingerprint density at radius 1 is 0.407 bits per heavy atom. The van der Waals surface area contributed by atoms with Gasteiger partial charge in [-0.3, -0.25) is 0 Å². The molecule has 0 amide bonds. The zero-order chi connectivity index (χ0) is 45.8. The van der Waals surface area contributed by atoms with Crippen LogP contribution in [0.4, 0.5) is 17.1 Å². The predicted octanol–water partition coefficient (Wildman–Crippen LogP) is 15.8. The summed E-state index contributed by atoms with van der Waals surface area (Å²) >= 11 is 0. The summed E-state index contributed by atoms with van der Waals surface area (Å²) < 4.78 is 86.8. The highest BCUT2D eigenvalue weighted by molar-refractivity contribution is 6.19. The van der Waals surface area contributed by atoms with Crippen molar-refractivity contribution in [3.05, 3.63) is 218 Å². The molecule has 59 heavy (non-hydrogen) atoms. The number of fused-ring (bicyclic) bond motifs is 9. The average molecular weight is 761 g/mol. The van der Waals surface area contributed by atoms with E-state index in [2.05, 4.69) is 0 Å². The maximum absolute atomic E-state index is 9.94. The van der Waals surface area contributed by atoms with Crippen molar-refractivity contribution in [1.29, 1.82) is 0 Å². The maximum atomic E-state index is 9.94. The van der Waals surface area contributed by atoms with Crippen LogP contribution in [-0.2, 0) is 0 Å². The first-order chi connectivity index (χ1) is 32.6. The van der Waals surface area contributed by atoms with Crippen LogP contribution in [0.1, 0.15) is 11.0 Å². The SMILES string of the molecule is [2H]c1c([2H])c(N(c2ccccc2-c2cccc3ccc4c5ccccc5oc4c23)c2c([2H])c([2H])c(-n3c4ccccc4c4ccccc43)c([2H])c2[2H])c([2H])c([2H])c1-c1cccc2ccccc12. The second-order valence-corrected chi connectivity index (χ2v) is 14.6. The fourth-order valence-corrected chi connectivity index (χ4v) is 8.71. The van der Waals surface area contributed by atoms with Crippen molar-refractivity contribution in [2.75, 3.05) is 4.90 Å². The summed E-state index contributed by atoms with van der Waals surface area (Å²) in [4.78, 5) is 1.40. The van der Waals surface area contributed by atoms with E-state index in [1.165, 1.54) is 4.90 Å². The van der Waals surface area contributed by atoms with Gasteiger partial charge >= 0.3 is 0 Å². The van der Waals surface area contributed by atoms with Crippen molar-refractivity contribution in [2.24, 2.45) is 0 Å². The zero-order valence-corrected chi connectivity index (χ0v) is 31.5. The molecule has 0 atom stereocenters. The minimum Gasteiger partial charge on any atom is -0.455 e. The van der Waals surface area contributed by atoms with Crippen LogP contribution in [0.25, 0.3) is 93.2 Å². The molecule has 2 heterocycles. The van der Waals surface area contributed by atoms with Crippen molar-refractivity contribution in [3.8, 4) is 27.9 Å². The second kappa shape index (κ2) is 13.4. The lowest BCUT2D eigenvalue weighted by Crippen LogP contribution is -2.11. The van der Waals surface area contributed by atoms with Gasteiger partial charge < -0.3 is 13.9 Å². The molecule has 0 unspecified atom stereocenters. The topological polar surface area (TPSA) is 21.3 Å². The van der Waals surface area contributed by atoms with Gasteiger partial charge in [0.1, 0.15) is 11.2 Å². The lowest BCUT2D eigenvalue weighted by Gasteiger charge is -2.28. The molecule has 0 spiro atoms. The number of benzene rings is 10. The standard InChI is InChI=1S/C56H36N2O/c1-2-16-43-37(13-1)14-11-21-44(43)38-27-30-40(31-28-38)57(41-32-34-42(35-33-41)58-52-24-8-3-17-45(52)46-18-4-9-25-53(46)58)51-23-7-5-19-47(51)49-22-12-15-39-29-36-50-48-20-6-10-26-54(48)59-56(50)55(39)49/h1-36H/i27D,28D,30D,31D,32D,33D,34D,35D. The Morgan fingerprint density at radius 3 is 1.73 bits per heavy atom. The first-order valence-corrected chi connectivity index (χ1v) is 19.5. The van der Waals surface area contributed by atoms with E-state index in [1.54, 1.807) is 22.8 Å². The van der Waals surface area contributed by atoms with Gasteiger partial charge in [0.2, 0.25) is 0 Å². The molecule has 0 bridgehead atoms. The Hall–Kier alpha value is -7.88. The van der Waals surface area contributed by atoms with E-state index in [4.69, 9.17) is 4.42 Å². The highest BCUT2D eigenvalue weighted by atomic mass is 16.3. The van der Waals surface area contributed by atoms with Crippen LogP contribution in [-0.4, -0.2) is 4.57 Å². The van der Waals surface area contributed by atoms with E-state index in [0.717, 1.165) is 48.7 Å². The molecule has 10 aromatic carbocycles. The van der Waals surface area contributed by atoms with Gasteiger partial charge in [-0.15, -0.1) is 0 Å². The molecule has 0 N–H and O–H groups in total. The van der Waals surface area contributed by atoms with Crippen LogP contribution >= 0.6 is 0 Å². The van der Waals surface area contributed by atoms with Crippen LogP contribution < -0.4 is 4.90 Å². The molecule has 3 nitrogen and oxygen atoms in total. The van der Waals surface area contributed by atoms with Crippen LogP contribution in [0, 0.1) is 0 Å². The Labute approximate surface area is 352 Å². The van der Waals surface area contributed by atoms with Crippen molar-refractivity contribution in [2.45, 2.75) is 0 Å². The quantitative estimate of drug-likeness (QED) is 0.168. The summed E-state index contributed by atoms with van der Waals surface area (Å²) in [5.74, 6) is 0. The number of nitrogens with zero attached hydrogens (tertiary/aromatic N) is 2. The van der Waals surface area contributed by atoms with Crippen LogP contribution in [0.2, 0.25) is 0 Å². The summed E-state index contributed by atoms with van der Waals surface area (Å²) in [7, 11) is 0. The largest absolute Gasteiger partial charge is 0.455 e. The molecule has 0 saturated heterocycles. The first-order valence-electron chi connectivity index (χ1n) is 23.5. The van der Waals surface area contributed by atoms with Gasteiger partial charge in [-0.05, 0) is 99.4 Å². The molecule has 0 saturated carbocycles. The monoisotopic (exact) mass is 760 g/mol. The first kappa shape index (κ1) is 26.1. The van der Waals surface area contributed by atoms with E-state index in [9.17, 15) is 11.0 Å². The summed E-state index contributed by atoms with van der Waals surface area (Å²) in [5, 5.41) is 6.94. The minimum atomic E-state index is -0.430. The van der Waals surface area contributed by atoms with Gasteiger partial charge in [-0.2, -0.15) is 0 Å². The lowest BCUT2D eigenvalue weighted by molar-refractivity contribution is 0.673. The van der Waals surface area contributed by atoms with E-state index in [0.29, 0.717) is 39.0 Å². The number of anilines is 3. The molecule has 276 valence electrons. The van der Waals surface area contributed by atoms with Crippen molar-refractivity contribution >= 4 is 82.4 Å². The summed E-state index contributed by atoms with van der Waals surface area (Å²) in [6.45, 7) is 0. The third-order valence-corrected chi connectivity index (χ3v) is 11.3. The summed E-state index contributed by atoms with van der Waals surface area (Å²) in [6.07, 6.45) is 0. The molecule has 2 aromatic heterocycles. The van der Waals surface area contributed by atoms with Crippen molar-refractivity contribution in [1.82, 2.24) is 4.57 Å². The molecular weight excluding hydrogens is 717 g/mol. The Bertz CT molecular complexity index is 3950. The van der Waals surface area contributed by atoms with Crippen LogP contribution in [0.3, 0.4) is 0 Å². The van der Waals surface area contributed by atoms with E-state index >= 15 is 0 Å². The Balaban J connectivity index is 1.18. The molecular formula is C56H36N2O. The van der Waals surface area contributed by atoms with Crippen molar-refractivity contribution in [3.63, 3.8) is 0 Å². The number of aromatic nitrogens is 1. The minimum absolute atomic E-state index is 0.0385. The fourth-order valence-electron chi connectivity index (χ4n) is 8.71. The van der Waals surface area contributed by atoms with Gasteiger partial charge in [0.25, 0.3) is 0 Å². The number of rotatable bonds is 6. The summed E-state index contributed by atoms with van der Waals surface area (Å²) in [6, 6.07) is 50.5. The molecule has 0 aliphatic carbocycles. The molecule has 3 heteroatoms. The van der Waals surface area contributed by atoms with Gasteiger partial charge in [-0.1, -0.05) is 152 Å². The van der Waals surface area contributed by atoms with Crippen molar-refractivity contribution < 1.29 is 15.4 Å². The molecule has 0 radical (unpaired) electrons. The number of furan rings is 1. The molecule has 12 rings (SSSR count). The van der Waals surface area contributed by atoms with Crippen LogP contribution in [0.5, 0.6) is 0 Å². The Kier molecular flexibility index (Phi) is 5.92. The summed E-state index contributed by atoms with van der Waals surface area (Å²) in [5.41, 5.74) is 4.57.